The van der Waals surface area contributed by atoms with Gasteiger partial charge in [0, 0.05) is 44.8 Å². The minimum Gasteiger partial charge on any atom is -0.493 e. The van der Waals surface area contributed by atoms with Crippen LogP contribution in [-0.4, -0.2) is 62.7 Å². The van der Waals surface area contributed by atoms with Crippen molar-refractivity contribution in [2.24, 2.45) is 0 Å². The maximum atomic E-state index is 12.6. The Bertz CT molecular complexity index is 855. The first kappa shape index (κ1) is 22.0. The Morgan fingerprint density at radius 1 is 1.07 bits per heavy atom. The molecule has 2 aromatic carbocycles. The summed E-state index contributed by atoms with van der Waals surface area (Å²) in [6.45, 7) is 2.43. The number of hydrogen-bond acceptors (Lipinski definition) is 5. The average molecular weight is 419 g/mol. The van der Waals surface area contributed by atoms with Crippen LogP contribution in [0.5, 0.6) is 11.5 Å². The molecule has 0 atom stereocenters. The molecule has 0 saturated carbocycles. The van der Waals surface area contributed by atoms with Crippen molar-refractivity contribution in [1.29, 1.82) is 0 Å². The summed E-state index contributed by atoms with van der Waals surface area (Å²) in [5.41, 5.74) is 2.40. The van der Waals surface area contributed by atoms with Crippen LogP contribution in [0.15, 0.2) is 42.5 Å². The first-order valence-corrected chi connectivity index (χ1v) is 9.84. The number of nitrogens with zero attached hydrogens (tertiary/aromatic N) is 2. The zero-order valence-electron chi connectivity index (χ0n) is 17.2. The number of carbonyl (C=O) groups is 1. The fourth-order valence-corrected chi connectivity index (χ4v) is 3.39. The van der Waals surface area contributed by atoms with Gasteiger partial charge in [0.2, 0.25) is 0 Å². The highest BCUT2D eigenvalue weighted by Crippen LogP contribution is 2.29. The normalized spacial score (nSPS) is 15.2. The predicted octanol–water partition coefficient (Wildman–Crippen LogP) is 2.97. The van der Waals surface area contributed by atoms with Gasteiger partial charge in [-0.05, 0) is 36.4 Å². The van der Waals surface area contributed by atoms with E-state index in [4.69, 9.17) is 4.74 Å². The average Bonchev–Trinajstić information content (AvgIpc) is 2.73. The zero-order chi connectivity index (χ0) is 21.5. The maximum Gasteiger partial charge on any atom is 0.387 e. The lowest BCUT2D eigenvalue weighted by Crippen LogP contribution is -2.43. The van der Waals surface area contributed by atoms with E-state index in [1.165, 1.54) is 30.9 Å². The van der Waals surface area contributed by atoms with Gasteiger partial charge >= 0.3 is 6.61 Å². The Balaban J connectivity index is 1.59. The molecule has 0 spiro atoms. The van der Waals surface area contributed by atoms with E-state index in [0.29, 0.717) is 6.54 Å². The van der Waals surface area contributed by atoms with Crippen LogP contribution < -0.4 is 14.8 Å². The lowest BCUT2D eigenvalue weighted by Gasteiger charge is -2.32. The fourth-order valence-electron chi connectivity index (χ4n) is 3.39. The molecule has 1 heterocycles. The van der Waals surface area contributed by atoms with Crippen molar-refractivity contribution < 1.29 is 23.0 Å². The predicted molar refractivity (Wildman–Crippen MR) is 110 cm³/mol. The third-order valence-electron chi connectivity index (χ3n) is 5.09. The van der Waals surface area contributed by atoms with Crippen LogP contribution in [0.1, 0.15) is 21.5 Å². The lowest BCUT2D eigenvalue weighted by atomic mass is 10.1. The van der Waals surface area contributed by atoms with E-state index in [-0.39, 0.29) is 23.0 Å². The molecule has 3 rings (SSSR count). The molecule has 162 valence electrons. The molecule has 0 bridgehead atoms. The topological polar surface area (TPSA) is 54.0 Å². The zero-order valence-corrected chi connectivity index (χ0v) is 17.2. The summed E-state index contributed by atoms with van der Waals surface area (Å²) in [4.78, 5) is 17.2. The Morgan fingerprint density at radius 3 is 2.50 bits per heavy atom. The van der Waals surface area contributed by atoms with E-state index < -0.39 is 6.61 Å². The standard InChI is InChI=1S/C22H27F2N3O3/c1-26-8-10-27(11-9-26)15-17-5-3-4-16(12-17)14-25-21(28)18-6-7-19(29-2)20(13-18)30-22(23)24/h3-7,12-13,22H,8-11,14-15H2,1-2H3,(H,25,28). The van der Waals surface area contributed by atoms with E-state index in [9.17, 15) is 13.6 Å². The van der Waals surface area contributed by atoms with Gasteiger partial charge in [-0.15, -0.1) is 0 Å². The summed E-state index contributed by atoms with van der Waals surface area (Å²) in [6, 6.07) is 12.3. The smallest absolute Gasteiger partial charge is 0.387 e. The van der Waals surface area contributed by atoms with E-state index >= 15 is 0 Å². The molecule has 8 heteroatoms. The SMILES string of the molecule is COc1ccc(C(=O)NCc2cccc(CN3CCN(C)CC3)c2)cc1OC(F)F. The molecule has 1 fully saturated rings. The number of hydrogen-bond donors (Lipinski definition) is 1. The second kappa shape index (κ2) is 10.4. The Labute approximate surface area is 175 Å². The van der Waals surface area contributed by atoms with Crippen molar-refractivity contribution in [2.75, 3.05) is 40.3 Å². The van der Waals surface area contributed by atoms with Crippen LogP contribution in [0.25, 0.3) is 0 Å². The second-order valence-electron chi connectivity index (χ2n) is 7.33. The van der Waals surface area contributed by atoms with Gasteiger partial charge in [0.1, 0.15) is 0 Å². The van der Waals surface area contributed by atoms with Gasteiger partial charge in [-0.1, -0.05) is 24.3 Å². The van der Waals surface area contributed by atoms with Crippen molar-refractivity contribution in [3.63, 3.8) is 0 Å². The Hall–Kier alpha value is -2.71. The molecule has 2 aromatic rings. The summed E-state index contributed by atoms with van der Waals surface area (Å²) in [6.07, 6.45) is 0. The molecule has 1 aliphatic rings. The third kappa shape index (κ3) is 6.14. The van der Waals surface area contributed by atoms with E-state index in [1.54, 1.807) is 0 Å². The van der Waals surface area contributed by atoms with Crippen molar-refractivity contribution >= 4 is 5.91 Å². The monoisotopic (exact) mass is 419 g/mol. The quantitative estimate of drug-likeness (QED) is 0.713. The summed E-state index contributed by atoms with van der Waals surface area (Å²) in [5.74, 6) is -0.404. The first-order chi connectivity index (χ1) is 14.4. The first-order valence-electron chi connectivity index (χ1n) is 9.84. The minimum absolute atomic E-state index is 0.142. The van der Waals surface area contributed by atoms with Crippen molar-refractivity contribution in [3.8, 4) is 11.5 Å². The molecule has 0 radical (unpaired) electrons. The number of amides is 1. The summed E-state index contributed by atoms with van der Waals surface area (Å²) in [5, 5.41) is 2.83. The van der Waals surface area contributed by atoms with Crippen LogP contribution in [0.3, 0.4) is 0 Å². The number of nitrogens with one attached hydrogen (secondary N) is 1. The fraction of sp³-hybridized carbons (Fsp3) is 0.409. The number of benzene rings is 2. The number of carbonyl (C=O) groups excluding carboxylic acids is 1. The number of likely N-dealkylation sites (N-methyl/N-ethyl adjacent to an activating group) is 1. The molecule has 0 unspecified atom stereocenters. The van der Waals surface area contributed by atoms with Crippen LogP contribution >= 0.6 is 0 Å². The minimum atomic E-state index is -3.00. The molecule has 0 aliphatic carbocycles. The lowest BCUT2D eigenvalue weighted by molar-refractivity contribution is -0.0512. The summed E-state index contributed by atoms with van der Waals surface area (Å²) < 4.78 is 34.6. The van der Waals surface area contributed by atoms with Crippen molar-refractivity contribution in [3.05, 3.63) is 59.2 Å². The molecule has 1 aliphatic heterocycles. The molecule has 30 heavy (non-hydrogen) atoms. The highest BCUT2D eigenvalue weighted by molar-refractivity contribution is 5.94. The van der Waals surface area contributed by atoms with Gasteiger partial charge in [0.15, 0.2) is 11.5 Å². The van der Waals surface area contributed by atoms with Gasteiger partial charge in [-0.3, -0.25) is 9.69 Å². The van der Waals surface area contributed by atoms with Gasteiger partial charge < -0.3 is 19.7 Å². The van der Waals surface area contributed by atoms with Gasteiger partial charge in [0.05, 0.1) is 7.11 Å². The molecule has 0 aromatic heterocycles. The van der Waals surface area contributed by atoms with Gasteiger partial charge in [-0.25, -0.2) is 0 Å². The van der Waals surface area contributed by atoms with E-state index in [0.717, 1.165) is 38.3 Å². The number of rotatable bonds is 8. The maximum absolute atomic E-state index is 12.6. The van der Waals surface area contributed by atoms with Crippen molar-refractivity contribution in [1.82, 2.24) is 15.1 Å². The summed E-state index contributed by atoms with van der Waals surface area (Å²) in [7, 11) is 3.48. The van der Waals surface area contributed by atoms with E-state index in [2.05, 4.69) is 39.0 Å². The molecule has 6 nitrogen and oxygen atoms in total. The molecular weight excluding hydrogens is 392 g/mol. The van der Waals surface area contributed by atoms with Crippen LogP contribution in [0.2, 0.25) is 0 Å². The largest absolute Gasteiger partial charge is 0.493 e. The Morgan fingerprint density at radius 2 is 1.80 bits per heavy atom. The van der Waals surface area contributed by atoms with Gasteiger partial charge in [-0.2, -0.15) is 8.78 Å². The molecular formula is C22H27F2N3O3. The molecule has 1 saturated heterocycles. The number of piperazine rings is 1. The summed E-state index contributed by atoms with van der Waals surface area (Å²) >= 11 is 0. The highest BCUT2D eigenvalue weighted by Gasteiger charge is 2.16. The van der Waals surface area contributed by atoms with Crippen LogP contribution in [0, 0.1) is 0 Å². The van der Waals surface area contributed by atoms with E-state index in [1.807, 2.05) is 12.1 Å². The third-order valence-corrected chi connectivity index (χ3v) is 5.09. The highest BCUT2D eigenvalue weighted by atomic mass is 19.3. The van der Waals surface area contributed by atoms with Crippen LogP contribution in [0.4, 0.5) is 8.78 Å². The van der Waals surface area contributed by atoms with Gasteiger partial charge in [0.25, 0.3) is 5.91 Å². The van der Waals surface area contributed by atoms with Crippen LogP contribution in [-0.2, 0) is 13.1 Å². The number of ether oxygens (including phenoxy) is 2. The number of halogens is 2. The Kier molecular flexibility index (Phi) is 7.59. The number of alkyl halides is 2. The number of methoxy groups -OCH3 is 1. The van der Waals surface area contributed by atoms with Crippen molar-refractivity contribution in [2.45, 2.75) is 19.7 Å². The molecule has 1 N–H and O–H groups in total. The molecule has 1 amide bonds. The second-order valence-corrected chi connectivity index (χ2v) is 7.33.